The Morgan fingerprint density at radius 1 is 1.22 bits per heavy atom. The van der Waals surface area contributed by atoms with Crippen molar-refractivity contribution in [3.8, 4) is 0 Å². The van der Waals surface area contributed by atoms with Gasteiger partial charge in [0.15, 0.2) is 0 Å². The van der Waals surface area contributed by atoms with E-state index in [2.05, 4.69) is 0 Å². The molecule has 0 radical (unpaired) electrons. The van der Waals surface area contributed by atoms with Crippen molar-refractivity contribution in [2.24, 2.45) is 0 Å². The molecule has 1 rings (SSSR count). The van der Waals surface area contributed by atoms with E-state index in [1.165, 1.54) is 0 Å². The molecule has 3 heteroatoms. The summed E-state index contributed by atoms with van der Waals surface area (Å²) in [6.07, 6.45) is 0. The summed E-state index contributed by atoms with van der Waals surface area (Å²) in [6, 6.07) is 8.42. The monoisotopic (exact) mass is 121 g/mol. The quantitative estimate of drug-likeness (QED) is 0.522. The molecule has 0 fully saturated rings. The summed E-state index contributed by atoms with van der Waals surface area (Å²) < 4.78 is 10.3. The van der Waals surface area contributed by atoms with Gasteiger partial charge in [0, 0.05) is 0 Å². The van der Waals surface area contributed by atoms with Gasteiger partial charge in [-0.05, 0) is 0 Å². The average Bonchev–Trinajstić information content (AvgIpc) is 1.90. The van der Waals surface area contributed by atoms with Crippen molar-refractivity contribution in [1.29, 1.82) is 0 Å². The van der Waals surface area contributed by atoms with Gasteiger partial charge in [-0.15, -0.1) is 5.46 Å². The fraction of sp³-hybridized carbons (Fsp3) is 0. The molecular weight excluding hydrogens is 115 g/mol. The first-order chi connectivity index (χ1) is 4.30. The smallest absolute Gasteiger partial charge is 0.306 e. The lowest BCUT2D eigenvalue weighted by Gasteiger charge is -1.99. The Hall–Kier alpha value is -1.12. The highest BCUT2D eigenvalue weighted by Crippen LogP contribution is 1.80. The van der Waals surface area contributed by atoms with E-state index in [4.69, 9.17) is 5.02 Å². The van der Waals surface area contributed by atoms with Crippen LogP contribution in [-0.4, -0.2) is 11.8 Å². The molecule has 0 atom stereocenters. The maximum atomic E-state index is 10.3. The zero-order valence-electron chi connectivity index (χ0n) is 4.82. The summed E-state index contributed by atoms with van der Waals surface area (Å²) in [7, 11) is 0. The van der Waals surface area contributed by atoms with Crippen molar-refractivity contribution in [2.75, 3.05) is 0 Å². The van der Waals surface area contributed by atoms with E-state index in [0.29, 0.717) is 5.46 Å². The Morgan fingerprint density at radius 3 is 2.11 bits per heavy atom. The Balaban J connectivity index is 2.98. The zero-order chi connectivity index (χ0) is 6.69. The van der Waals surface area contributed by atoms with Gasteiger partial charge in [-0.2, -0.15) is 0 Å². The van der Waals surface area contributed by atoms with E-state index in [1.807, 2.05) is 0 Å². The van der Waals surface area contributed by atoms with Crippen LogP contribution in [0.3, 0.4) is 0 Å². The molecule has 0 aromatic heterocycles. The first-order valence-corrected chi connectivity index (χ1v) is 2.69. The molecule has 46 valence electrons. The third kappa shape index (κ3) is 1.39. The molecule has 0 aliphatic rings. The van der Waals surface area contributed by atoms with Gasteiger partial charge in [0.05, 0.1) is 0 Å². The van der Waals surface area contributed by atoms with Crippen molar-refractivity contribution in [3.05, 3.63) is 30.3 Å². The second kappa shape index (κ2) is 2.44. The minimum absolute atomic E-state index is 0.414. The number of rotatable bonds is 1. The molecule has 0 aliphatic heterocycles. The van der Waals surface area contributed by atoms with E-state index in [9.17, 15) is 4.70 Å². The van der Waals surface area contributed by atoms with Crippen LogP contribution in [-0.2, 0) is 4.70 Å². The Morgan fingerprint density at radius 2 is 1.78 bits per heavy atom. The second-order valence-corrected chi connectivity index (χ2v) is 1.76. The van der Waals surface area contributed by atoms with Gasteiger partial charge in [-0.25, -0.2) is 0 Å². The Labute approximate surface area is 53.3 Å². The summed E-state index contributed by atoms with van der Waals surface area (Å²) in [6.45, 7) is -1.59. The molecule has 0 saturated carbocycles. The first kappa shape index (κ1) is 6.01. The molecule has 0 amide bonds. The summed E-state index contributed by atoms with van der Waals surface area (Å²) >= 11 is 0. The molecule has 1 aromatic rings. The van der Waals surface area contributed by atoms with Crippen molar-refractivity contribution in [3.63, 3.8) is 0 Å². The minimum atomic E-state index is -1.59. The predicted molar refractivity (Wildman–Crippen MR) is 34.7 cm³/mol. The molecule has 0 spiro atoms. The SMILES string of the molecule is O=[B-](O)c1ccccc1. The van der Waals surface area contributed by atoms with Crippen LogP contribution in [0.25, 0.3) is 0 Å². The highest BCUT2D eigenvalue weighted by Gasteiger charge is 1.86. The van der Waals surface area contributed by atoms with Gasteiger partial charge in [-0.3, -0.25) is 0 Å². The summed E-state index contributed by atoms with van der Waals surface area (Å²) in [4.78, 5) is 0. The van der Waals surface area contributed by atoms with E-state index >= 15 is 0 Å². The summed E-state index contributed by atoms with van der Waals surface area (Å²) in [5.74, 6) is 0. The summed E-state index contributed by atoms with van der Waals surface area (Å²) in [5, 5.41) is 8.47. The third-order valence-corrected chi connectivity index (χ3v) is 1.08. The predicted octanol–water partition coefficient (Wildman–Crippen LogP) is -0.195. The molecule has 0 heterocycles. The third-order valence-electron chi connectivity index (χ3n) is 1.08. The number of benzene rings is 1. The van der Waals surface area contributed by atoms with Crippen LogP contribution in [0.15, 0.2) is 30.3 Å². The highest BCUT2D eigenvalue weighted by atomic mass is 16.3. The molecule has 0 bridgehead atoms. The molecule has 9 heavy (non-hydrogen) atoms. The van der Waals surface area contributed by atoms with Gasteiger partial charge in [0.1, 0.15) is 0 Å². The largest absolute Gasteiger partial charge is 0.734 e. The standard InChI is InChI=1S/C6H6BO2/c8-7(9)6-4-2-1-3-5-6/h1-5,8H/q-1. The lowest BCUT2D eigenvalue weighted by Crippen LogP contribution is -2.19. The van der Waals surface area contributed by atoms with Crippen molar-refractivity contribution < 1.29 is 9.73 Å². The molecule has 0 aliphatic carbocycles. The van der Waals surface area contributed by atoms with Crippen LogP contribution < -0.4 is 5.46 Å². The molecule has 0 saturated heterocycles. The van der Waals surface area contributed by atoms with Crippen LogP contribution in [0.4, 0.5) is 0 Å². The number of hydrogen-bond acceptors (Lipinski definition) is 1. The van der Waals surface area contributed by atoms with E-state index < -0.39 is 6.79 Å². The second-order valence-electron chi connectivity index (χ2n) is 1.76. The van der Waals surface area contributed by atoms with Crippen LogP contribution >= 0.6 is 0 Å². The van der Waals surface area contributed by atoms with Gasteiger partial charge < -0.3 is 9.73 Å². The maximum absolute atomic E-state index is 10.3. The first-order valence-electron chi connectivity index (χ1n) is 2.69. The Kier molecular flexibility index (Phi) is 1.63. The lowest BCUT2D eigenvalue weighted by molar-refractivity contribution is 0.462. The maximum Gasteiger partial charge on any atom is 0.306 e. The lowest BCUT2D eigenvalue weighted by atomic mass is 9.85. The molecule has 2 nitrogen and oxygen atoms in total. The van der Waals surface area contributed by atoms with Crippen LogP contribution in [0.5, 0.6) is 0 Å². The van der Waals surface area contributed by atoms with Crippen molar-refractivity contribution in [1.82, 2.24) is 0 Å². The van der Waals surface area contributed by atoms with E-state index in [-0.39, 0.29) is 0 Å². The topological polar surface area (TPSA) is 37.3 Å². The zero-order valence-corrected chi connectivity index (χ0v) is 4.82. The molecule has 0 unspecified atom stereocenters. The fourth-order valence-corrected chi connectivity index (χ4v) is 0.618. The van der Waals surface area contributed by atoms with Crippen molar-refractivity contribution in [2.45, 2.75) is 0 Å². The van der Waals surface area contributed by atoms with Crippen LogP contribution in [0, 0.1) is 0 Å². The van der Waals surface area contributed by atoms with E-state index in [1.54, 1.807) is 30.3 Å². The van der Waals surface area contributed by atoms with Crippen LogP contribution in [0.2, 0.25) is 0 Å². The summed E-state index contributed by atoms with van der Waals surface area (Å²) in [5.41, 5.74) is 0.414. The molecular formula is C6H6BO2-. The minimum Gasteiger partial charge on any atom is -0.734 e. The van der Waals surface area contributed by atoms with Crippen molar-refractivity contribution >= 4 is 12.2 Å². The van der Waals surface area contributed by atoms with E-state index in [0.717, 1.165) is 0 Å². The Bertz CT molecular complexity index is 208. The normalized spacial score (nSPS) is 8.89. The molecule has 1 aromatic carbocycles. The van der Waals surface area contributed by atoms with Gasteiger partial charge in [-0.1, -0.05) is 30.3 Å². The molecule has 1 N–H and O–H groups in total. The highest BCUT2D eigenvalue weighted by molar-refractivity contribution is 6.51. The van der Waals surface area contributed by atoms with Gasteiger partial charge >= 0.3 is 6.79 Å². The average molecular weight is 121 g/mol. The van der Waals surface area contributed by atoms with Gasteiger partial charge in [0.2, 0.25) is 0 Å². The van der Waals surface area contributed by atoms with Crippen LogP contribution in [0.1, 0.15) is 0 Å². The number of hydrogen-bond donors (Lipinski definition) is 1. The fourth-order valence-electron chi connectivity index (χ4n) is 0.618. The van der Waals surface area contributed by atoms with Gasteiger partial charge in [0.25, 0.3) is 0 Å².